The zero-order valence-corrected chi connectivity index (χ0v) is 49.5. The highest BCUT2D eigenvalue weighted by Crippen LogP contribution is 2.34. The molecule has 1 saturated carbocycles. The SMILES string of the molecule is Cc1ncsc1-c1ccc(CNC(=O)[C@@H]2CCCN2C(=O)C(C(C)C)N2Cc3ccccc3C2=O)c(OCCOCCOCCCCOCCOCCOc2ccc(Nc3ncc(Br)c(NCCCN(C)C(=O)C4CCC4)n3)cc2)c1. The number of nitrogens with one attached hydrogen (secondary N) is 3. The van der Waals surface area contributed by atoms with E-state index >= 15 is 0 Å². The summed E-state index contributed by atoms with van der Waals surface area (Å²) < 4.78 is 36.0. The van der Waals surface area contributed by atoms with Crippen molar-refractivity contribution < 1.29 is 47.6 Å². The Labute approximate surface area is 488 Å². The lowest BCUT2D eigenvalue weighted by atomic mass is 9.84. The molecule has 1 unspecified atom stereocenters. The summed E-state index contributed by atoms with van der Waals surface area (Å²) in [4.78, 5) is 73.6. The van der Waals surface area contributed by atoms with Crippen molar-refractivity contribution >= 4 is 68.3 Å². The molecule has 3 aliphatic rings. The lowest BCUT2D eigenvalue weighted by Crippen LogP contribution is -2.55. The highest BCUT2D eigenvalue weighted by atomic mass is 79.9. The molecular weight excluding hydrogens is 1120 g/mol. The van der Waals surface area contributed by atoms with Crippen molar-refractivity contribution in [3.05, 3.63) is 105 Å². The van der Waals surface area contributed by atoms with Crippen molar-refractivity contribution in [3.63, 3.8) is 0 Å². The molecule has 1 saturated heterocycles. The van der Waals surface area contributed by atoms with Gasteiger partial charge in [0.05, 0.1) is 60.2 Å². The monoisotopic (exact) mass is 1200 g/mol. The lowest BCUT2D eigenvalue weighted by Gasteiger charge is -2.35. The largest absolute Gasteiger partial charge is 0.491 e. The minimum atomic E-state index is -0.675. The van der Waals surface area contributed by atoms with Crippen LogP contribution in [0.2, 0.25) is 0 Å². The van der Waals surface area contributed by atoms with Crippen molar-refractivity contribution in [2.45, 2.75) is 97.3 Å². The van der Waals surface area contributed by atoms with Gasteiger partial charge >= 0.3 is 0 Å². The van der Waals surface area contributed by atoms with Gasteiger partial charge in [0.15, 0.2) is 0 Å². The van der Waals surface area contributed by atoms with Crippen LogP contribution in [0.4, 0.5) is 17.5 Å². The van der Waals surface area contributed by atoms with E-state index in [4.69, 9.17) is 28.4 Å². The summed E-state index contributed by atoms with van der Waals surface area (Å²) in [5, 5.41) is 9.68. The van der Waals surface area contributed by atoms with E-state index in [1.54, 1.807) is 27.3 Å². The number of halogens is 1. The quantitative estimate of drug-likeness (QED) is 0.0328. The summed E-state index contributed by atoms with van der Waals surface area (Å²) in [6, 6.07) is 19.7. The lowest BCUT2D eigenvalue weighted by molar-refractivity contribution is -0.143. The smallest absolute Gasteiger partial charge is 0.255 e. The first-order valence-electron chi connectivity index (χ1n) is 28.4. The molecule has 0 spiro atoms. The summed E-state index contributed by atoms with van der Waals surface area (Å²) in [7, 11) is 1.88. The third-order valence-electron chi connectivity index (χ3n) is 14.6. The van der Waals surface area contributed by atoms with E-state index in [9.17, 15) is 19.2 Å². The second-order valence-corrected chi connectivity index (χ2v) is 22.5. The van der Waals surface area contributed by atoms with Crippen LogP contribution in [0.15, 0.2) is 82.9 Å². The van der Waals surface area contributed by atoms with E-state index < -0.39 is 12.1 Å². The Morgan fingerprint density at radius 3 is 2.21 bits per heavy atom. The Morgan fingerprint density at radius 2 is 1.53 bits per heavy atom. The van der Waals surface area contributed by atoms with Crippen molar-refractivity contribution in [2.24, 2.45) is 11.8 Å². The van der Waals surface area contributed by atoms with E-state index in [1.807, 2.05) is 105 Å². The molecule has 19 nitrogen and oxygen atoms in total. The maximum atomic E-state index is 14.2. The molecule has 8 rings (SSSR count). The molecule has 2 atom stereocenters. The maximum Gasteiger partial charge on any atom is 0.255 e. The Morgan fingerprint density at radius 1 is 0.827 bits per heavy atom. The van der Waals surface area contributed by atoms with Gasteiger partial charge in [-0.3, -0.25) is 19.2 Å². The van der Waals surface area contributed by atoms with Gasteiger partial charge in [0.2, 0.25) is 23.7 Å². The summed E-state index contributed by atoms with van der Waals surface area (Å²) in [6.45, 7) is 12.9. The van der Waals surface area contributed by atoms with Gasteiger partial charge in [-0.05, 0) is 121 Å². The van der Waals surface area contributed by atoms with E-state index in [0.717, 1.165) is 81.7 Å². The van der Waals surface area contributed by atoms with Crippen molar-refractivity contribution in [3.8, 4) is 21.9 Å². The molecule has 2 fully saturated rings. The number of hydrogen-bond donors (Lipinski definition) is 3. The minimum absolute atomic E-state index is 0.139. The summed E-state index contributed by atoms with van der Waals surface area (Å²) >= 11 is 5.08. The number of benzene rings is 3. The standard InChI is InChI=1S/C60H78BrN9O10S/c1-41(2)53(70-39-46-12-5-6-15-49(46)58(70)73)59(74)69-25-10-16-51(69)56(71)63-37-45-18-17-44(54-42(3)65-40-81-54)36-52(45)80-35-33-78-31-29-76-27-8-7-26-75-28-30-77-32-34-79-48-21-19-47(20-22-48)66-60-64-38-50(61)55(67-60)62-23-11-24-68(4)57(72)43-13-9-14-43/h5-6,12,15,17-22,36,38,40-41,43,51,53H,7-11,13-14,16,23-35,37,39H2,1-4H3,(H,63,71)(H2,62,64,66,67)/t51-,53?/m0/s1. The van der Waals surface area contributed by atoms with Crippen molar-refractivity contribution in [1.82, 2.24) is 35.0 Å². The summed E-state index contributed by atoms with van der Waals surface area (Å²) in [5.41, 5.74) is 6.88. The molecular formula is C60H78BrN9O10S. The number of rotatable bonds is 34. The summed E-state index contributed by atoms with van der Waals surface area (Å²) in [5.74, 6) is 2.26. The van der Waals surface area contributed by atoms with Gasteiger partial charge in [0.25, 0.3) is 5.91 Å². The van der Waals surface area contributed by atoms with Crippen LogP contribution in [-0.2, 0) is 46.4 Å². The number of ether oxygens (including phenoxy) is 6. The molecule has 0 radical (unpaired) electrons. The number of thiazole rings is 1. The van der Waals surface area contributed by atoms with Crippen LogP contribution in [-0.4, -0.2) is 158 Å². The Bertz CT molecular complexity index is 2840. The van der Waals surface area contributed by atoms with Crippen molar-refractivity contribution in [2.75, 3.05) is 103 Å². The number of fused-ring (bicyclic) bond motifs is 1. The first-order valence-corrected chi connectivity index (χ1v) is 30.1. The number of aromatic nitrogens is 3. The fourth-order valence-corrected chi connectivity index (χ4v) is 11.1. The zero-order chi connectivity index (χ0) is 56.9. The van der Waals surface area contributed by atoms with Gasteiger partial charge in [-0.1, -0.05) is 50.6 Å². The number of unbranched alkanes of at least 4 members (excludes halogenated alkanes) is 1. The number of nitrogens with zero attached hydrogens (tertiary/aromatic N) is 6. The van der Waals surface area contributed by atoms with Gasteiger partial charge in [-0.25, -0.2) is 9.97 Å². The highest BCUT2D eigenvalue weighted by molar-refractivity contribution is 9.10. The molecule has 3 aromatic carbocycles. The maximum absolute atomic E-state index is 14.2. The van der Waals surface area contributed by atoms with Gasteiger partial charge in [0, 0.05) is 81.9 Å². The van der Waals surface area contributed by atoms with Gasteiger partial charge in [0.1, 0.15) is 42.6 Å². The number of amides is 4. The first-order chi connectivity index (χ1) is 39.4. The Hall–Kier alpha value is -6.23. The van der Waals surface area contributed by atoms with E-state index in [1.165, 1.54) is 0 Å². The topological polar surface area (TPSA) is 208 Å². The van der Waals surface area contributed by atoms with Crippen LogP contribution in [0.3, 0.4) is 0 Å². The third kappa shape index (κ3) is 17.4. The third-order valence-corrected chi connectivity index (χ3v) is 16.2. The Kier molecular flexibility index (Phi) is 23.5. The van der Waals surface area contributed by atoms with Gasteiger partial charge in [-0.15, -0.1) is 11.3 Å². The van der Waals surface area contributed by atoms with E-state index in [0.29, 0.717) is 128 Å². The number of carbonyl (C=O) groups excluding carboxylic acids is 4. The number of carbonyl (C=O) groups is 4. The predicted octanol–water partition coefficient (Wildman–Crippen LogP) is 9.07. The van der Waals surface area contributed by atoms with Crippen LogP contribution in [0, 0.1) is 18.8 Å². The second kappa shape index (κ2) is 31.3. The molecule has 2 aromatic heterocycles. The minimum Gasteiger partial charge on any atom is -0.491 e. The molecule has 0 bridgehead atoms. The zero-order valence-electron chi connectivity index (χ0n) is 47.1. The normalized spacial score (nSPS) is 15.4. The predicted molar refractivity (Wildman–Crippen MR) is 315 cm³/mol. The van der Waals surface area contributed by atoms with E-state index in [2.05, 4.69) is 46.8 Å². The molecule has 436 valence electrons. The molecule has 21 heteroatoms. The molecule has 4 heterocycles. The number of anilines is 3. The number of aryl methyl sites for hydroxylation is 1. The van der Waals surface area contributed by atoms with Crippen LogP contribution in [0.5, 0.6) is 11.5 Å². The number of likely N-dealkylation sites (tertiary alicyclic amines) is 1. The average molecular weight is 1200 g/mol. The molecule has 5 aromatic rings. The average Bonchev–Trinajstić information content (AvgIpc) is 4.27. The van der Waals surface area contributed by atoms with E-state index in [-0.39, 0.29) is 42.0 Å². The summed E-state index contributed by atoms with van der Waals surface area (Å²) in [6.07, 6.45) is 8.68. The molecule has 1 aliphatic carbocycles. The molecule has 81 heavy (non-hydrogen) atoms. The van der Waals surface area contributed by atoms with Crippen LogP contribution < -0.4 is 25.4 Å². The molecule has 4 amide bonds. The molecule has 3 N–H and O–H groups in total. The van der Waals surface area contributed by atoms with Crippen LogP contribution in [0.1, 0.15) is 92.4 Å². The number of hydrogen-bond acceptors (Lipinski definition) is 16. The molecule has 2 aliphatic heterocycles. The van der Waals surface area contributed by atoms with Crippen molar-refractivity contribution in [1.29, 1.82) is 0 Å². The fraction of sp³-hybridized carbons (Fsp3) is 0.517. The van der Waals surface area contributed by atoms with Crippen LogP contribution >= 0.6 is 27.3 Å². The Balaban J connectivity index is 0.649. The fourth-order valence-electron chi connectivity index (χ4n) is 10.0. The highest BCUT2D eigenvalue weighted by Gasteiger charge is 2.44. The second-order valence-electron chi connectivity index (χ2n) is 20.8. The van der Waals surface area contributed by atoms with Gasteiger partial charge < -0.3 is 59.1 Å². The van der Waals surface area contributed by atoms with Crippen LogP contribution in [0.25, 0.3) is 10.4 Å². The van der Waals surface area contributed by atoms with Gasteiger partial charge in [-0.2, -0.15) is 4.98 Å². The first kappa shape index (κ1) is 60.9.